The van der Waals surface area contributed by atoms with Crippen molar-refractivity contribution >= 4 is 0 Å². The lowest BCUT2D eigenvalue weighted by Crippen LogP contribution is -1.92. The number of hydrogen-bond donors (Lipinski definition) is 1. The van der Waals surface area contributed by atoms with Crippen molar-refractivity contribution < 1.29 is 5.11 Å². The fourth-order valence-corrected chi connectivity index (χ4v) is 1.18. The van der Waals surface area contributed by atoms with Crippen LogP contribution in [0.2, 0.25) is 0 Å². The predicted octanol–water partition coefficient (Wildman–Crippen LogP) is 1.98. The smallest absolute Gasteiger partial charge is 0.0684 e. The molecule has 0 bridgehead atoms. The van der Waals surface area contributed by atoms with Crippen molar-refractivity contribution in [2.24, 2.45) is 0 Å². The van der Waals surface area contributed by atoms with E-state index in [9.17, 15) is 0 Å². The predicted molar refractivity (Wildman–Crippen MR) is 46.3 cm³/mol. The molecule has 0 aliphatic rings. The van der Waals surface area contributed by atoms with E-state index in [1.807, 2.05) is 26.0 Å². The number of rotatable bonds is 1. The summed E-state index contributed by atoms with van der Waals surface area (Å²) in [6.45, 7) is 7.97. The molecule has 1 aromatic rings. The lowest BCUT2D eigenvalue weighted by molar-refractivity contribution is 0.281. The Hall–Kier alpha value is -0.820. The molecule has 0 saturated carbocycles. The van der Waals surface area contributed by atoms with Gasteiger partial charge in [0.1, 0.15) is 0 Å². The SMILES string of the molecule is [CH2]c1cc(C)cc(CO)c1C. The maximum absolute atomic E-state index is 8.94. The highest BCUT2D eigenvalue weighted by Crippen LogP contribution is 2.15. The number of aliphatic hydroxyl groups is 1. The highest BCUT2D eigenvalue weighted by molar-refractivity contribution is 5.39. The van der Waals surface area contributed by atoms with Crippen LogP contribution in [0.15, 0.2) is 12.1 Å². The molecule has 1 rings (SSSR count). The summed E-state index contributed by atoms with van der Waals surface area (Å²) in [5.41, 5.74) is 4.24. The Bertz CT molecular complexity index is 264. The van der Waals surface area contributed by atoms with Crippen LogP contribution in [0.5, 0.6) is 0 Å². The van der Waals surface area contributed by atoms with Gasteiger partial charge < -0.3 is 5.11 Å². The van der Waals surface area contributed by atoms with Crippen LogP contribution in [0.25, 0.3) is 0 Å². The van der Waals surface area contributed by atoms with Gasteiger partial charge in [0.05, 0.1) is 6.61 Å². The third-order valence-corrected chi connectivity index (χ3v) is 1.94. The molecule has 11 heavy (non-hydrogen) atoms. The first-order valence-corrected chi connectivity index (χ1v) is 3.68. The molecule has 1 nitrogen and oxygen atoms in total. The van der Waals surface area contributed by atoms with Gasteiger partial charge in [0, 0.05) is 0 Å². The Balaban J connectivity index is 3.24. The van der Waals surface area contributed by atoms with E-state index in [-0.39, 0.29) is 6.61 Å². The van der Waals surface area contributed by atoms with Gasteiger partial charge in [-0.05, 0) is 37.5 Å². The molecule has 1 heteroatoms. The summed E-state index contributed by atoms with van der Waals surface area (Å²) < 4.78 is 0. The summed E-state index contributed by atoms with van der Waals surface area (Å²) >= 11 is 0. The Morgan fingerprint density at radius 3 is 2.55 bits per heavy atom. The number of aliphatic hydroxyl groups excluding tert-OH is 1. The molecule has 0 atom stereocenters. The van der Waals surface area contributed by atoms with Crippen LogP contribution in [0, 0.1) is 20.8 Å². The van der Waals surface area contributed by atoms with Gasteiger partial charge in [0.25, 0.3) is 0 Å². The highest BCUT2D eigenvalue weighted by Gasteiger charge is 2.00. The third-order valence-electron chi connectivity index (χ3n) is 1.94. The summed E-state index contributed by atoms with van der Waals surface area (Å²) in [5.74, 6) is 0. The molecule has 0 fully saturated rings. The first-order chi connectivity index (χ1) is 5.15. The largest absolute Gasteiger partial charge is 0.392 e. The third kappa shape index (κ3) is 1.60. The number of benzene rings is 1. The van der Waals surface area contributed by atoms with Gasteiger partial charge >= 0.3 is 0 Å². The summed E-state index contributed by atoms with van der Waals surface area (Å²) in [7, 11) is 0. The van der Waals surface area contributed by atoms with Crippen LogP contribution in [0.3, 0.4) is 0 Å². The average Bonchev–Trinajstić information content (AvgIpc) is 1.96. The molecule has 59 valence electrons. The van der Waals surface area contributed by atoms with Gasteiger partial charge in [-0.2, -0.15) is 0 Å². The summed E-state index contributed by atoms with van der Waals surface area (Å²) in [6.07, 6.45) is 0. The molecular formula is C10H13O. The monoisotopic (exact) mass is 149 g/mol. The van der Waals surface area contributed by atoms with Crippen LogP contribution in [-0.4, -0.2) is 5.11 Å². The van der Waals surface area contributed by atoms with Crippen molar-refractivity contribution in [3.8, 4) is 0 Å². The topological polar surface area (TPSA) is 20.2 Å². The van der Waals surface area contributed by atoms with Gasteiger partial charge in [-0.1, -0.05) is 17.7 Å². The molecule has 1 radical (unpaired) electrons. The normalized spacial score (nSPS) is 10.2. The van der Waals surface area contributed by atoms with Gasteiger partial charge in [0.2, 0.25) is 0 Å². The van der Waals surface area contributed by atoms with Crippen LogP contribution in [0.1, 0.15) is 22.3 Å². The fourth-order valence-electron chi connectivity index (χ4n) is 1.18. The lowest BCUT2D eigenvalue weighted by Gasteiger charge is -2.06. The van der Waals surface area contributed by atoms with Gasteiger partial charge in [-0.3, -0.25) is 0 Å². The van der Waals surface area contributed by atoms with Crippen LogP contribution in [0.4, 0.5) is 0 Å². The lowest BCUT2D eigenvalue weighted by atomic mass is 10.0. The number of aryl methyl sites for hydroxylation is 1. The first-order valence-electron chi connectivity index (χ1n) is 3.68. The van der Waals surface area contributed by atoms with Crippen molar-refractivity contribution in [2.75, 3.05) is 0 Å². The Morgan fingerprint density at radius 1 is 1.36 bits per heavy atom. The first kappa shape index (κ1) is 8.28. The van der Waals surface area contributed by atoms with Crippen molar-refractivity contribution in [2.45, 2.75) is 20.5 Å². The Morgan fingerprint density at radius 2 is 2.00 bits per heavy atom. The van der Waals surface area contributed by atoms with Crippen molar-refractivity contribution in [1.29, 1.82) is 0 Å². The van der Waals surface area contributed by atoms with Crippen LogP contribution in [-0.2, 0) is 6.61 Å². The zero-order valence-electron chi connectivity index (χ0n) is 7.02. The Labute approximate surface area is 67.7 Å². The van der Waals surface area contributed by atoms with Crippen LogP contribution < -0.4 is 0 Å². The van der Waals surface area contributed by atoms with E-state index in [0.717, 1.165) is 22.3 Å². The second-order valence-electron chi connectivity index (χ2n) is 2.87. The van der Waals surface area contributed by atoms with Crippen molar-refractivity contribution in [3.63, 3.8) is 0 Å². The number of hydrogen-bond acceptors (Lipinski definition) is 1. The molecule has 0 aromatic heterocycles. The average molecular weight is 149 g/mol. The molecule has 0 aliphatic heterocycles. The van der Waals surface area contributed by atoms with E-state index >= 15 is 0 Å². The highest BCUT2D eigenvalue weighted by atomic mass is 16.3. The second kappa shape index (κ2) is 3.05. The fraction of sp³-hybridized carbons (Fsp3) is 0.300. The molecule has 0 aliphatic carbocycles. The van der Waals surface area contributed by atoms with Gasteiger partial charge in [-0.25, -0.2) is 0 Å². The maximum atomic E-state index is 8.94. The van der Waals surface area contributed by atoms with E-state index in [0.29, 0.717) is 0 Å². The zero-order chi connectivity index (χ0) is 8.43. The molecule has 0 amide bonds. The molecule has 1 aromatic carbocycles. The van der Waals surface area contributed by atoms with E-state index in [4.69, 9.17) is 5.11 Å². The molecule has 0 spiro atoms. The van der Waals surface area contributed by atoms with Crippen LogP contribution >= 0.6 is 0 Å². The summed E-state index contributed by atoms with van der Waals surface area (Å²) in [4.78, 5) is 0. The van der Waals surface area contributed by atoms with E-state index in [1.165, 1.54) is 0 Å². The van der Waals surface area contributed by atoms with E-state index < -0.39 is 0 Å². The summed E-state index contributed by atoms with van der Waals surface area (Å²) in [6, 6.07) is 4.01. The zero-order valence-corrected chi connectivity index (χ0v) is 7.02. The minimum absolute atomic E-state index is 0.107. The maximum Gasteiger partial charge on any atom is 0.0684 e. The Kier molecular flexibility index (Phi) is 2.30. The van der Waals surface area contributed by atoms with Gasteiger partial charge in [0.15, 0.2) is 0 Å². The minimum Gasteiger partial charge on any atom is -0.392 e. The molecule has 1 N–H and O–H groups in total. The van der Waals surface area contributed by atoms with E-state index in [2.05, 4.69) is 6.92 Å². The molecule has 0 heterocycles. The second-order valence-corrected chi connectivity index (χ2v) is 2.87. The van der Waals surface area contributed by atoms with Gasteiger partial charge in [-0.15, -0.1) is 0 Å². The standard InChI is InChI=1S/C10H13O/c1-7-4-8(2)9(3)10(5-7)6-11/h4-5,11H,2,6H2,1,3H3. The quantitative estimate of drug-likeness (QED) is 0.647. The van der Waals surface area contributed by atoms with E-state index in [1.54, 1.807) is 0 Å². The molecular weight excluding hydrogens is 136 g/mol. The van der Waals surface area contributed by atoms with Crippen molar-refractivity contribution in [1.82, 2.24) is 0 Å². The minimum atomic E-state index is 0.107. The van der Waals surface area contributed by atoms with Crippen molar-refractivity contribution in [3.05, 3.63) is 41.3 Å². The summed E-state index contributed by atoms with van der Waals surface area (Å²) in [5, 5.41) is 8.94. The molecule has 0 saturated heterocycles. The molecule has 0 unspecified atom stereocenters.